The van der Waals surface area contributed by atoms with Crippen molar-refractivity contribution >= 4 is 11.9 Å². The lowest BCUT2D eigenvalue weighted by Crippen LogP contribution is -2.42. The van der Waals surface area contributed by atoms with Crippen LogP contribution in [0.2, 0.25) is 0 Å². The summed E-state index contributed by atoms with van der Waals surface area (Å²) >= 11 is 0. The van der Waals surface area contributed by atoms with Gasteiger partial charge in [0.1, 0.15) is 0 Å². The summed E-state index contributed by atoms with van der Waals surface area (Å²) in [6.07, 6.45) is 6.21. The zero-order valence-electron chi connectivity index (χ0n) is 12.5. The molecule has 2 aromatic rings. The van der Waals surface area contributed by atoms with Gasteiger partial charge in [-0.1, -0.05) is 29.8 Å². The highest BCUT2D eigenvalue weighted by atomic mass is 16.2. The number of aromatic nitrogens is 2. The lowest BCUT2D eigenvalue weighted by Gasteiger charge is -2.43. The lowest BCUT2D eigenvalue weighted by molar-refractivity contribution is 0.0953. The Hall–Kier alpha value is -2.47. The molecule has 0 bridgehead atoms. The van der Waals surface area contributed by atoms with Gasteiger partial charge < -0.3 is 5.32 Å². The number of nitrogens with zero attached hydrogens (tertiary/aromatic N) is 2. The van der Waals surface area contributed by atoms with E-state index in [1.54, 1.807) is 0 Å². The van der Waals surface area contributed by atoms with Crippen LogP contribution >= 0.6 is 0 Å². The zero-order chi connectivity index (χ0) is 15.6. The molecule has 4 N–H and O–H groups in total. The van der Waals surface area contributed by atoms with Crippen molar-refractivity contribution in [2.24, 2.45) is 5.84 Å². The quantitative estimate of drug-likeness (QED) is 0.455. The van der Waals surface area contributed by atoms with Crippen LogP contribution in [0.5, 0.6) is 0 Å². The van der Waals surface area contributed by atoms with Gasteiger partial charge in [0.2, 0.25) is 5.95 Å². The molecule has 1 heterocycles. The van der Waals surface area contributed by atoms with Crippen molar-refractivity contribution < 1.29 is 4.79 Å². The molecule has 0 aliphatic heterocycles. The third-order valence-electron chi connectivity index (χ3n) is 4.21. The number of rotatable bonds is 4. The topological polar surface area (TPSA) is 92.9 Å². The Morgan fingerprint density at radius 3 is 2.32 bits per heavy atom. The number of aryl methyl sites for hydroxylation is 1. The molecule has 0 atom stereocenters. The van der Waals surface area contributed by atoms with Crippen LogP contribution in [0.3, 0.4) is 0 Å². The molecule has 1 amide bonds. The second-order valence-corrected chi connectivity index (χ2v) is 5.70. The first-order valence-corrected chi connectivity index (χ1v) is 7.31. The van der Waals surface area contributed by atoms with Gasteiger partial charge in [-0.05, 0) is 31.7 Å². The summed E-state index contributed by atoms with van der Waals surface area (Å²) in [5.74, 6) is 5.21. The van der Waals surface area contributed by atoms with Crippen LogP contribution in [-0.2, 0) is 5.54 Å². The average Bonchev–Trinajstić information content (AvgIpc) is 2.52. The van der Waals surface area contributed by atoms with Crippen molar-refractivity contribution in [3.63, 3.8) is 0 Å². The van der Waals surface area contributed by atoms with Crippen molar-refractivity contribution in [1.29, 1.82) is 0 Å². The first-order chi connectivity index (χ1) is 10.6. The summed E-state index contributed by atoms with van der Waals surface area (Å²) in [4.78, 5) is 19.8. The minimum Gasteiger partial charge on any atom is -0.345 e. The van der Waals surface area contributed by atoms with Crippen molar-refractivity contribution in [3.05, 3.63) is 53.3 Å². The van der Waals surface area contributed by atoms with E-state index in [1.165, 1.54) is 29.9 Å². The number of amides is 1. The second-order valence-electron chi connectivity index (χ2n) is 5.70. The van der Waals surface area contributed by atoms with Crippen LogP contribution in [0.15, 0.2) is 36.7 Å². The highest BCUT2D eigenvalue weighted by molar-refractivity contribution is 5.93. The zero-order valence-corrected chi connectivity index (χ0v) is 12.5. The lowest BCUT2D eigenvalue weighted by atomic mass is 9.72. The average molecular weight is 297 g/mol. The summed E-state index contributed by atoms with van der Waals surface area (Å²) in [7, 11) is 0. The molecule has 1 aliphatic carbocycles. The Balaban J connectivity index is 1.81. The van der Waals surface area contributed by atoms with Gasteiger partial charge in [-0.3, -0.25) is 10.2 Å². The number of nitrogens with two attached hydrogens (primary N) is 1. The summed E-state index contributed by atoms with van der Waals surface area (Å²) in [5.41, 5.74) is 4.79. The first kappa shape index (κ1) is 14.5. The van der Waals surface area contributed by atoms with E-state index in [1.807, 2.05) is 0 Å². The molecule has 1 aromatic heterocycles. The Labute approximate surface area is 129 Å². The maximum atomic E-state index is 11.4. The van der Waals surface area contributed by atoms with Gasteiger partial charge in [0.15, 0.2) is 0 Å². The Bertz CT molecular complexity index is 662. The van der Waals surface area contributed by atoms with Gasteiger partial charge in [0.05, 0.1) is 11.1 Å². The van der Waals surface area contributed by atoms with Crippen LogP contribution in [0.25, 0.3) is 0 Å². The molecule has 3 rings (SSSR count). The van der Waals surface area contributed by atoms with Crippen LogP contribution in [-0.4, -0.2) is 15.9 Å². The van der Waals surface area contributed by atoms with E-state index in [2.05, 4.69) is 51.9 Å². The highest BCUT2D eigenvalue weighted by Gasteiger charge is 2.39. The van der Waals surface area contributed by atoms with Crippen molar-refractivity contribution in [2.75, 3.05) is 5.32 Å². The SMILES string of the molecule is Cc1ccc(C2(Nc3ncc(C(=O)NN)cn3)CCC2)cc1. The molecular weight excluding hydrogens is 278 g/mol. The number of anilines is 1. The minimum atomic E-state index is -0.400. The highest BCUT2D eigenvalue weighted by Crippen LogP contribution is 2.43. The van der Waals surface area contributed by atoms with Crippen molar-refractivity contribution in [2.45, 2.75) is 31.7 Å². The Morgan fingerprint density at radius 1 is 1.18 bits per heavy atom. The van der Waals surface area contributed by atoms with E-state index in [0.717, 1.165) is 12.8 Å². The monoisotopic (exact) mass is 297 g/mol. The summed E-state index contributed by atoms with van der Waals surface area (Å²) in [5, 5.41) is 3.43. The van der Waals surface area contributed by atoms with Crippen LogP contribution in [0, 0.1) is 6.92 Å². The van der Waals surface area contributed by atoms with E-state index >= 15 is 0 Å². The van der Waals surface area contributed by atoms with Crippen LogP contribution in [0.4, 0.5) is 5.95 Å². The maximum Gasteiger partial charge on any atom is 0.268 e. The molecule has 1 fully saturated rings. The molecule has 22 heavy (non-hydrogen) atoms. The summed E-state index contributed by atoms with van der Waals surface area (Å²) in [6.45, 7) is 2.08. The number of hydrazine groups is 1. The molecule has 0 saturated heterocycles. The normalized spacial score (nSPS) is 15.7. The van der Waals surface area contributed by atoms with Crippen molar-refractivity contribution in [3.8, 4) is 0 Å². The number of hydrogen-bond acceptors (Lipinski definition) is 5. The number of carbonyl (C=O) groups is 1. The Morgan fingerprint density at radius 2 is 1.82 bits per heavy atom. The molecule has 0 radical (unpaired) electrons. The number of nitrogen functional groups attached to an aromatic ring is 1. The molecule has 1 saturated carbocycles. The first-order valence-electron chi connectivity index (χ1n) is 7.31. The van der Waals surface area contributed by atoms with E-state index in [0.29, 0.717) is 11.5 Å². The smallest absolute Gasteiger partial charge is 0.268 e. The molecular formula is C16H19N5O. The second kappa shape index (κ2) is 5.73. The van der Waals surface area contributed by atoms with Gasteiger partial charge in [0, 0.05) is 12.4 Å². The van der Waals surface area contributed by atoms with E-state index in [-0.39, 0.29) is 5.54 Å². The fourth-order valence-corrected chi connectivity index (χ4v) is 2.70. The molecule has 6 nitrogen and oxygen atoms in total. The fraction of sp³-hybridized carbons (Fsp3) is 0.312. The minimum absolute atomic E-state index is 0.106. The standard InChI is InChI=1S/C16H19N5O/c1-11-3-5-13(6-4-11)16(7-2-8-16)20-15-18-9-12(10-19-15)14(22)21-17/h3-6,9-10H,2,7-8,17H2,1H3,(H,21,22)(H,18,19,20). The molecule has 6 heteroatoms. The third kappa shape index (κ3) is 2.65. The molecule has 1 aromatic carbocycles. The van der Waals surface area contributed by atoms with Crippen molar-refractivity contribution in [1.82, 2.24) is 15.4 Å². The van der Waals surface area contributed by atoms with Gasteiger partial charge in [-0.25, -0.2) is 15.8 Å². The number of hydrogen-bond donors (Lipinski definition) is 3. The Kier molecular flexibility index (Phi) is 3.77. The number of carbonyl (C=O) groups excluding carboxylic acids is 1. The van der Waals surface area contributed by atoms with Gasteiger partial charge >= 0.3 is 0 Å². The van der Waals surface area contributed by atoms with E-state index < -0.39 is 5.91 Å². The predicted molar refractivity (Wildman–Crippen MR) is 84.0 cm³/mol. The molecule has 114 valence electrons. The number of benzene rings is 1. The predicted octanol–water partition coefficient (Wildman–Crippen LogP) is 1.88. The summed E-state index contributed by atoms with van der Waals surface area (Å²) < 4.78 is 0. The van der Waals surface area contributed by atoms with Crippen LogP contribution < -0.4 is 16.6 Å². The fourth-order valence-electron chi connectivity index (χ4n) is 2.70. The number of nitrogens with one attached hydrogen (secondary N) is 2. The largest absolute Gasteiger partial charge is 0.345 e. The van der Waals surface area contributed by atoms with Gasteiger partial charge in [-0.2, -0.15) is 0 Å². The van der Waals surface area contributed by atoms with Gasteiger partial charge in [-0.15, -0.1) is 0 Å². The summed E-state index contributed by atoms with van der Waals surface area (Å²) in [6, 6.07) is 8.54. The van der Waals surface area contributed by atoms with Gasteiger partial charge in [0.25, 0.3) is 5.91 Å². The molecule has 0 spiro atoms. The van der Waals surface area contributed by atoms with Crippen LogP contribution in [0.1, 0.15) is 40.7 Å². The molecule has 1 aliphatic rings. The third-order valence-corrected chi connectivity index (χ3v) is 4.21. The molecule has 0 unspecified atom stereocenters. The maximum absolute atomic E-state index is 11.4. The van der Waals surface area contributed by atoms with E-state index in [4.69, 9.17) is 5.84 Å². The van der Waals surface area contributed by atoms with E-state index in [9.17, 15) is 4.79 Å².